The van der Waals surface area contributed by atoms with Gasteiger partial charge in [0, 0.05) is 0 Å². The predicted molar refractivity (Wildman–Crippen MR) is 72.7 cm³/mol. The minimum absolute atomic E-state index is 0.0752. The van der Waals surface area contributed by atoms with Crippen LogP contribution in [0.5, 0.6) is 0 Å². The summed E-state index contributed by atoms with van der Waals surface area (Å²) in [5, 5.41) is 13.3. The Hall–Kier alpha value is -1.68. The van der Waals surface area contributed by atoms with Crippen molar-refractivity contribution < 1.29 is 9.63 Å². The molecular formula is C15H20N2O2. The number of hydrogen-bond donors (Lipinski definition) is 1. The van der Waals surface area contributed by atoms with Gasteiger partial charge in [-0.15, -0.1) is 0 Å². The molecule has 0 saturated carbocycles. The average Bonchev–Trinajstić information content (AvgIpc) is 2.89. The highest BCUT2D eigenvalue weighted by molar-refractivity contribution is 5.25. The van der Waals surface area contributed by atoms with E-state index in [1.807, 2.05) is 18.2 Å². The lowest BCUT2D eigenvalue weighted by Gasteiger charge is -2.19. The lowest BCUT2D eigenvalue weighted by Crippen LogP contribution is -2.11. The lowest BCUT2D eigenvalue weighted by molar-refractivity contribution is 0.184. The highest BCUT2D eigenvalue weighted by Gasteiger charge is 2.26. The number of aromatic nitrogens is 2. The molecule has 1 aromatic carbocycles. The molecule has 2 aromatic rings. The zero-order valence-corrected chi connectivity index (χ0v) is 11.6. The van der Waals surface area contributed by atoms with Gasteiger partial charge in [-0.2, -0.15) is 4.98 Å². The quantitative estimate of drug-likeness (QED) is 0.896. The number of hydrogen-bond acceptors (Lipinski definition) is 4. The maximum absolute atomic E-state index is 9.50. The van der Waals surface area contributed by atoms with Crippen LogP contribution in [-0.2, 0) is 0 Å². The van der Waals surface area contributed by atoms with Gasteiger partial charge in [0.05, 0.1) is 5.92 Å². The fourth-order valence-electron chi connectivity index (χ4n) is 2.15. The Morgan fingerprint density at radius 1 is 1.21 bits per heavy atom. The van der Waals surface area contributed by atoms with Crippen molar-refractivity contribution in [3.8, 4) is 0 Å². The molecule has 0 amide bonds. The van der Waals surface area contributed by atoms with Gasteiger partial charge >= 0.3 is 0 Å². The maximum atomic E-state index is 9.50. The number of rotatable bonds is 5. The van der Waals surface area contributed by atoms with Gasteiger partial charge in [0.2, 0.25) is 5.89 Å². The summed E-state index contributed by atoms with van der Waals surface area (Å²) in [5.41, 5.74) is 1.16. The van der Waals surface area contributed by atoms with Crippen molar-refractivity contribution in [3.05, 3.63) is 47.6 Å². The van der Waals surface area contributed by atoms with E-state index in [0.29, 0.717) is 17.6 Å². The van der Waals surface area contributed by atoms with E-state index < -0.39 is 6.10 Å². The lowest BCUT2D eigenvalue weighted by atomic mass is 9.85. The summed E-state index contributed by atoms with van der Waals surface area (Å²) < 4.78 is 5.34. The van der Waals surface area contributed by atoms with Gasteiger partial charge in [-0.05, 0) is 18.4 Å². The van der Waals surface area contributed by atoms with E-state index in [-0.39, 0.29) is 5.92 Å². The Bertz CT molecular complexity index is 508. The van der Waals surface area contributed by atoms with Gasteiger partial charge in [0.25, 0.3) is 0 Å². The van der Waals surface area contributed by atoms with Crippen LogP contribution in [0.3, 0.4) is 0 Å². The van der Waals surface area contributed by atoms with Crippen molar-refractivity contribution >= 4 is 0 Å². The van der Waals surface area contributed by atoms with Gasteiger partial charge in [-0.3, -0.25) is 0 Å². The van der Waals surface area contributed by atoms with Gasteiger partial charge in [-0.1, -0.05) is 55.8 Å². The number of aliphatic hydroxyl groups is 1. The summed E-state index contributed by atoms with van der Waals surface area (Å²) in [7, 11) is 0. The number of benzene rings is 1. The fraction of sp³-hybridized carbons (Fsp3) is 0.467. The van der Waals surface area contributed by atoms with Crippen LogP contribution in [0.4, 0.5) is 0 Å². The van der Waals surface area contributed by atoms with E-state index in [4.69, 9.17) is 4.52 Å². The Kier molecular flexibility index (Phi) is 4.32. The van der Waals surface area contributed by atoms with Crippen LogP contribution in [0.2, 0.25) is 0 Å². The molecular weight excluding hydrogens is 240 g/mol. The van der Waals surface area contributed by atoms with Gasteiger partial charge in [0.1, 0.15) is 6.10 Å². The summed E-state index contributed by atoms with van der Waals surface area (Å²) in [6, 6.07) is 10.2. The van der Waals surface area contributed by atoms with Gasteiger partial charge in [-0.25, -0.2) is 0 Å². The van der Waals surface area contributed by atoms with E-state index in [0.717, 1.165) is 12.0 Å². The van der Waals surface area contributed by atoms with Crippen molar-refractivity contribution in [2.45, 2.75) is 39.2 Å². The van der Waals surface area contributed by atoms with Crippen LogP contribution in [0, 0.1) is 5.92 Å². The van der Waals surface area contributed by atoms with Crippen molar-refractivity contribution in [1.29, 1.82) is 0 Å². The number of nitrogens with zero attached hydrogens (tertiary/aromatic N) is 2. The maximum Gasteiger partial charge on any atom is 0.234 e. The predicted octanol–water partition coefficient (Wildman–Crippen LogP) is 3.30. The Balaban J connectivity index is 2.37. The van der Waals surface area contributed by atoms with Crippen LogP contribution < -0.4 is 0 Å². The van der Waals surface area contributed by atoms with E-state index in [1.165, 1.54) is 0 Å². The molecule has 0 aliphatic heterocycles. The molecule has 0 radical (unpaired) electrons. The highest BCUT2D eigenvalue weighted by Crippen LogP contribution is 2.33. The zero-order chi connectivity index (χ0) is 13.8. The molecule has 19 heavy (non-hydrogen) atoms. The smallest absolute Gasteiger partial charge is 0.234 e. The first kappa shape index (κ1) is 13.7. The van der Waals surface area contributed by atoms with Crippen molar-refractivity contribution in [1.82, 2.24) is 10.1 Å². The topological polar surface area (TPSA) is 59.2 Å². The first-order valence-electron chi connectivity index (χ1n) is 6.70. The van der Waals surface area contributed by atoms with Crippen molar-refractivity contribution in [2.24, 2.45) is 5.92 Å². The third-order valence-electron chi connectivity index (χ3n) is 3.47. The molecule has 0 spiro atoms. The van der Waals surface area contributed by atoms with Crippen LogP contribution in [0.25, 0.3) is 0 Å². The molecule has 0 aliphatic rings. The third kappa shape index (κ3) is 3.01. The molecule has 0 saturated heterocycles. The van der Waals surface area contributed by atoms with Crippen molar-refractivity contribution in [2.75, 3.05) is 0 Å². The van der Waals surface area contributed by atoms with Crippen LogP contribution in [0.15, 0.2) is 34.9 Å². The SMILES string of the molecule is CCC(C)C(c1ccccc1)c1nc(C(C)O)no1. The minimum Gasteiger partial charge on any atom is -0.385 e. The van der Waals surface area contributed by atoms with E-state index in [9.17, 15) is 5.11 Å². The summed E-state index contributed by atoms with van der Waals surface area (Å²) in [4.78, 5) is 4.33. The third-order valence-corrected chi connectivity index (χ3v) is 3.47. The molecule has 102 valence electrons. The standard InChI is InChI=1S/C15H20N2O2/c1-4-10(2)13(12-8-6-5-7-9-12)15-16-14(11(3)18)17-19-15/h5-11,13,18H,4H2,1-3H3. The summed E-state index contributed by atoms with van der Waals surface area (Å²) >= 11 is 0. The van der Waals surface area contributed by atoms with Crippen LogP contribution >= 0.6 is 0 Å². The zero-order valence-electron chi connectivity index (χ0n) is 11.6. The summed E-state index contributed by atoms with van der Waals surface area (Å²) in [5.74, 6) is 1.39. The number of aliphatic hydroxyl groups excluding tert-OH is 1. The molecule has 3 atom stereocenters. The second kappa shape index (κ2) is 5.97. The van der Waals surface area contributed by atoms with Crippen molar-refractivity contribution in [3.63, 3.8) is 0 Å². The molecule has 4 nitrogen and oxygen atoms in total. The van der Waals surface area contributed by atoms with Gasteiger partial charge in [0.15, 0.2) is 5.82 Å². The fourth-order valence-corrected chi connectivity index (χ4v) is 2.15. The highest BCUT2D eigenvalue weighted by atomic mass is 16.5. The second-order valence-corrected chi connectivity index (χ2v) is 4.94. The summed E-state index contributed by atoms with van der Waals surface area (Å²) in [6.07, 6.45) is 0.317. The molecule has 2 rings (SSSR count). The average molecular weight is 260 g/mol. The van der Waals surface area contributed by atoms with E-state index >= 15 is 0 Å². The van der Waals surface area contributed by atoms with Crippen LogP contribution in [-0.4, -0.2) is 15.2 Å². The molecule has 1 heterocycles. The second-order valence-electron chi connectivity index (χ2n) is 4.94. The Labute approximate surface area is 113 Å². The molecule has 4 heteroatoms. The minimum atomic E-state index is -0.703. The Morgan fingerprint density at radius 3 is 2.42 bits per heavy atom. The molecule has 0 aliphatic carbocycles. The van der Waals surface area contributed by atoms with Gasteiger partial charge < -0.3 is 9.63 Å². The van der Waals surface area contributed by atoms with E-state index in [1.54, 1.807) is 6.92 Å². The molecule has 0 bridgehead atoms. The Morgan fingerprint density at radius 2 is 1.89 bits per heavy atom. The van der Waals surface area contributed by atoms with E-state index in [2.05, 4.69) is 36.1 Å². The molecule has 0 fully saturated rings. The molecule has 1 N–H and O–H groups in total. The first-order chi connectivity index (χ1) is 9.13. The molecule has 3 unspecified atom stereocenters. The molecule has 1 aromatic heterocycles. The first-order valence-corrected chi connectivity index (χ1v) is 6.70. The summed E-state index contributed by atoms with van der Waals surface area (Å²) in [6.45, 7) is 5.95. The normalized spacial score (nSPS) is 16.0. The largest absolute Gasteiger partial charge is 0.385 e. The van der Waals surface area contributed by atoms with Crippen LogP contribution in [0.1, 0.15) is 56.5 Å². The monoisotopic (exact) mass is 260 g/mol.